The molecule has 0 heterocycles. The normalized spacial score (nSPS) is 26.3. The van der Waals surface area contributed by atoms with Crippen molar-refractivity contribution < 1.29 is 4.39 Å². The fourth-order valence-corrected chi connectivity index (χ4v) is 5.89. The van der Waals surface area contributed by atoms with E-state index in [0.29, 0.717) is 11.8 Å². The Hall–Kier alpha value is -1.62. The van der Waals surface area contributed by atoms with Gasteiger partial charge in [0, 0.05) is 0 Å². The molecule has 0 radical (unpaired) electrons. The molecule has 0 spiro atoms. The SMILES string of the molecule is CCCCCCCCC[C@H]1CC[C@H](C=C[C@H]2CC[C@H](c3ccc(C#N)c(F)c3)CC2)CC1. The standard InChI is InChI=1S/C30H44FN/c1-2-3-4-5-6-7-8-9-24-10-12-25(13-11-24)14-15-26-16-18-27(19-17-26)28-20-21-29(23-32)30(31)22-28/h14-15,20-22,24-27H,2-13,16-19H2,1H3/t24-,25-,26-,27-. The van der Waals surface area contributed by atoms with E-state index in [1.54, 1.807) is 12.1 Å². The number of benzene rings is 1. The molecule has 0 unspecified atom stereocenters. The zero-order valence-corrected chi connectivity index (χ0v) is 20.3. The Kier molecular flexibility index (Phi) is 10.8. The lowest BCUT2D eigenvalue weighted by atomic mass is 9.76. The average Bonchev–Trinajstić information content (AvgIpc) is 2.83. The van der Waals surface area contributed by atoms with Gasteiger partial charge in [0.25, 0.3) is 0 Å². The third-order valence-electron chi connectivity index (χ3n) is 8.12. The highest BCUT2D eigenvalue weighted by Crippen LogP contribution is 2.38. The quantitative estimate of drug-likeness (QED) is 0.250. The molecule has 0 aliphatic heterocycles. The van der Waals surface area contributed by atoms with E-state index < -0.39 is 0 Å². The molecule has 2 heteroatoms. The summed E-state index contributed by atoms with van der Waals surface area (Å²) >= 11 is 0. The van der Waals surface area contributed by atoms with Gasteiger partial charge in [-0.2, -0.15) is 5.26 Å². The van der Waals surface area contributed by atoms with Gasteiger partial charge in [-0.15, -0.1) is 0 Å². The van der Waals surface area contributed by atoms with Crippen LogP contribution in [0.2, 0.25) is 0 Å². The molecule has 32 heavy (non-hydrogen) atoms. The van der Waals surface area contributed by atoms with Crippen molar-refractivity contribution in [2.45, 2.75) is 116 Å². The number of nitrogens with zero attached hydrogens (tertiary/aromatic N) is 1. The summed E-state index contributed by atoms with van der Waals surface area (Å²) in [6.07, 6.45) is 26.8. The summed E-state index contributed by atoms with van der Waals surface area (Å²) in [5.74, 6) is 2.56. The predicted octanol–water partition coefficient (Wildman–Crippen LogP) is 9.47. The van der Waals surface area contributed by atoms with Crippen molar-refractivity contribution in [3.05, 3.63) is 47.3 Å². The molecule has 0 saturated heterocycles. The molecule has 0 bridgehead atoms. The summed E-state index contributed by atoms with van der Waals surface area (Å²) in [6.45, 7) is 2.29. The molecule has 1 aromatic rings. The Morgan fingerprint density at radius 1 is 0.844 bits per heavy atom. The van der Waals surface area contributed by atoms with Crippen molar-refractivity contribution in [2.24, 2.45) is 17.8 Å². The molecule has 2 saturated carbocycles. The first-order valence-electron chi connectivity index (χ1n) is 13.6. The van der Waals surface area contributed by atoms with E-state index in [4.69, 9.17) is 5.26 Å². The second-order valence-corrected chi connectivity index (χ2v) is 10.5. The minimum Gasteiger partial charge on any atom is -0.206 e. The van der Waals surface area contributed by atoms with Gasteiger partial charge in [-0.05, 0) is 92.7 Å². The van der Waals surface area contributed by atoms with Gasteiger partial charge in [0.1, 0.15) is 11.9 Å². The first kappa shape index (κ1) is 25.0. The van der Waals surface area contributed by atoms with Gasteiger partial charge in [-0.25, -0.2) is 4.39 Å². The van der Waals surface area contributed by atoms with Crippen molar-refractivity contribution in [2.75, 3.05) is 0 Å². The molecule has 2 aliphatic carbocycles. The van der Waals surface area contributed by atoms with Gasteiger partial charge in [0.2, 0.25) is 0 Å². The van der Waals surface area contributed by atoms with Crippen molar-refractivity contribution in [3.8, 4) is 6.07 Å². The monoisotopic (exact) mass is 437 g/mol. The summed E-state index contributed by atoms with van der Waals surface area (Å²) < 4.78 is 13.9. The summed E-state index contributed by atoms with van der Waals surface area (Å²) in [7, 11) is 0. The van der Waals surface area contributed by atoms with Crippen LogP contribution in [0, 0.1) is 34.9 Å². The van der Waals surface area contributed by atoms with Crippen LogP contribution >= 0.6 is 0 Å². The summed E-state index contributed by atoms with van der Waals surface area (Å²) in [4.78, 5) is 0. The molecule has 2 aliphatic rings. The van der Waals surface area contributed by atoms with Gasteiger partial charge >= 0.3 is 0 Å². The Balaban J connectivity index is 1.29. The van der Waals surface area contributed by atoms with Crippen molar-refractivity contribution in [1.29, 1.82) is 5.26 Å². The van der Waals surface area contributed by atoms with Crippen LogP contribution in [0.3, 0.4) is 0 Å². The number of hydrogen-bond acceptors (Lipinski definition) is 1. The van der Waals surface area contributed by atoms with E-state index in [2.05, 4.69) is 19.1 Å². The predicted molar refractivity (Wildman–Crippen MR) is 133 cm³/mol. The third-order valence-corrected chi connectivity index (χ3v) is 8.12. The molecule has 2 fully saturated rings. The van der Waals surface area contributed by atoms with Crippen molar-refractivity contribution in [1.82, 2.24) is 0 Å². The fourth-order valence-electron chi connectivity index (χ4n) is 5.89. The lowest BCUT2D eigenvalue weighted by Crippen LogP contribution is -2.15. The molecule has 0 aromatic heterocycles. The highest BCUT2D eigenvalue weighted by Gasteiger charge is 2.23. The molecule has 1 nitrogen and oxygen atoms in total. The lowest BCUT2D eigenvalue weighted by molar-refractivity contribution is 0.287. The second kappa shape index (κ2) is 13.8. The molecule has 1 aromatic carbocycles. The molecule has 0 amide bonds. The smallest absolute Gasteiger partial charge is 0.141 e. The second-order valence-electron chi connectivity index (χ2n) is 10.5. The fraction of sp³-hybridized carbons (Fsp3) is 0.700. The molecular formula is C30H44FN. The van der Waals surface area contributed by atoms with Crippen molar-refractivity contribution in [3.63, 3.8) is 0 Å². The molecule has 0 N–H and O–H groups in total. The van der Waals surface area contributed by atoms with Crippen molar-refractivity contribution >= 4 is 0 Å². The van der Waals surface area contributed by atoms with Crippen LogP contribution < -0.4 is 0 Å². The van der Waals surface area contributed by atoms with Crippen LogP contribution in [0.4, 0.5) is 4.39 Å². The maximum Gasteiger partial charge on any atom is 0.141 e. The molecule has 0 atom stereocenters. The van der Waals surface area contributed by atoms with Gasteiger partial charge in [0.15, 0.2) is 0 Å². The molecular weight excluding hydrogens is 393 g/mol. The maximum absolute atomic E-state index is 13.9. The van der Waals surface area contributed by atoms with Crippen LogP contribution in [-0.4, -0.2) is 0 Å². The first-order valence-corrected chi connectivity index (χ1v) is 13.6. The van der Waals surface area contributed by atoms with E-state index in [-0.39, 0.29) is 11.4 Å². The van der Waals surface area contributed by atoms with Gasteiger partial charge < -0.3 is 0 Å². The van der Waals surface area contributed by atoms with E-state index in [0.717, 1.165) is 30.2 Å². The summed E-state index contributed by atoms with van der Waals surface area (Å²) in [5, 5.41) is 8.92. The van der Waals surface area contributed by atoms with Gasteiger partial charge in [0.05, 0.1) is 5.56 Å². The number of nitriles is 1. The molecule has 3 rings (SSSR count). The van der Waals surface area contributed by atoms with Crippen LogP contribution in [0.15, 0.2) is 30.4 Å². The van der Waals surface area contributed by atoms with E-state index in [1.165, 1.54) is 89.9 Å². The third kappa shape index (κ3) is 8.06. The zero-order chi connectivity index (χ0) is 22.6. The minimum atomic E-state index is -0.366. The number of allylic oxidation sites excluding steroid dienone is 2. The van der Waals surface area contributed by atoms with Crippen LogP contribution in [0.5, 0.6) is 0 Å². The van der Waals surface area contributed by atoms with Crippen LogP contribution in [0.1, 0.15) is 127 Å². The van der Waals surface area contributed by atoms with Gasteiger partial charge in [-0.3, -0.25) is 0 Å². The first-order chi connectivity index (χ1) is 15.7. The largest absolute Gasteiger partial charge is 0.206 e. The number of rotatable bonds is 11. The highest BCUT2D eigenvalue weighted by atomic mass is 19.1. The van der Waals surface area contributed by atoms with E-state index in [1.807, 2.05) is 12.1 Å². The van der Waals surface area contributed by atoms with E-state index in [9.17, 15) is 4.39 Å². The number of halogens is 1. The average molecular weight is 438 g/mol. The molecule has 176 valence electrons. The number of unbranched alkanes of at least 4 members (excludes halogenated alkanes) is 6. The Bertz CT molecular complexity index is 730. The Labute approximate surface area is 196 Å². The Morgan fingerprint density at radius 2 is 1.44 bits per heavy atom. The van der Waals surface area contributed by atoms with Crippen LogP contribution in [0.25, 0.3) is 0 Å². The Morgan fingerprint density at radius 3 is 2.03 bits per heavy atom. The summed E-state index contributed by atoms with van der Waals surface area (Å²) in [5.41, 5.74) is 1.23. The van der Waals surface area contributed by atoms with E-state index >= 15 is 0 Å². The maximum atomic E-state index is 13.9. The highest BCUT2D eigenvalue weighted by molar-refractivity contribution is 5.35. The lowest BCUT2D eigenvalue weighted by Gasteiger charge is -2.29. The minimum absolute atomic E-state index is 0.155. The van der Waals surface area contributed by atoms with Crippen LogP contribution in [-0.2, 0) is 0 Å². The zero-order valence-electron chi connectivity index (χ0n) is 20.3. The number of hydrogen-bond donors (Lipinski definition) is 0. The topological polar surface area (TPSA) is 23.8 Å². The van der Waals surface area contributed by atoms with Gasteiger partial charge in [-0.1, -0.05) is 76.5 Å². The summed E-state index contributed by atoms with van der Waals surface area (Å²) in [6, 6.07) is 7.10.